The predicted molar refractivity (Wildman–Crippen MR) is 84.7 cm³/mol. The van der Waals surface area contributed by atoms with Crippen molar-refractivity contribution in [3.05, 3.63) is 59.4 Å². The number of esters is 1. The Labute approximate surface area is 130 Å². The minimum atomic E-state index is -0.485. The number of methoxy groups -OCH3 is 1. The Morgan fingerprint density at radius 3 is 2.91 bits per heavy atom. The molecule has 0 saturated heterocycles. The quantitative estimate of drug-likeness (QED) is 0.743. The maximum Gasteiger partial charge on any atom is 0.337 e. The average molecular weight is 316 g/mol. The lowest BCUT2D eigenvalue weighted by Crippen LogP contribution is -2.06. The molecule has 22 heavy (non-hydrogen) atoms. The summed E-state index contributed by atoms with van der Waals surface area (Å²) in [6, 6.07) is 11.9. The normalized spacial score (nSPS) is 10.6. The number of hydrogen-bond acceptors (Lipinski definition) is 5. The zero-order valence-electron chi connectivity index (χ0n) is 11.8. The van der Waals surface area contributed by atoms with Crippen LogP contribution in [0.15, 0.2) is 42.5 Å². The molecule has 0 bridgehead atoms. The number of rotatable bonds is 4. The first-order valence-corrected chi connectivity index (χ1v) is 7.45. The van der Waals surface area contributed by atoms with Crippen molar-refractivity contribution in [1.29, 1.82) is 0 Å². The number of fused-ring (bicyclic) bond motifs is 1. The van der Waals surface area contributed by atoms with Gasteiger partial charge in [0.2, 0.25) is 0 Å². The molecule has 0 saturated carbocycles. The van der Waals surface area contributed by atoms with Crippen molar-refractivity contribution in [2.45, 2.75) is 6.54 Å². The molecule has 0 amide bonds. The fourth-order valence-electron chi connectivity index (χ4n) is 2.07. The summed E-state index contributed by atoms with van der Waals surface area (Å²) in [6.07, 6.45) is 0. The summed E-state index contributed by atoms with van der Waals surface area (Å²) < 4.78 is 19.5. The van der Waals surface area contributed by atoms with Gasteiger partial charge in [0, 0.05) is 12.1 Å². The number of halogens is 1. The highest BCUT2D eigenvalue weighted by molar-refractivity contribution is 7.22. The predicted octanol–water partition coefficient (Wildman–Crippen LogP) is 3.83. The lowest BCUT2D eigenvalue weighted by Gasteiger charge is -2.06. The minimum absolute atomic E-state index is 0.247. The van der Waals surface area contributed by atoms with Crippen LogP contribution in [0.1, 0.15) is 15.9 Å². The van der Waals surface area contributed by atoms with Gasteiger partial charge in [-0.1, -0.05) is 23.5 Å². The number of carbonyl (C=O) groups excluding carboxylic acids is 1. The van der Waals surface area contributed by atoms with Crippen molar-refractivity contribution in [3.8, 4) is 0 Å². The highest BCUT2D eigenvalue weighted by Crippen LogP contribution is 2.26. The number of carbonyl (C=O) groups is 1. The van der Waals surface area contributed by atoms with Crippen LogP contribution in [-0.2, 0) is 11.3 Å². The molecule has 0 aliphatic heterocycles. The summed E-state index contributed by atoms with van der Waals surface area (Å²) >= 11 is 1.50. The number of thiazole rings is 1. The Kier molecular flexibility index (Phi) is 4.02. The van der Waals surface area contributed by atoms with Crippen LogP contribution in [0.2, 0.25) is 0 Å². The Balaban J connectivity index is 1.79. The van der Waals surface area contributed by atoms with Crippen molar-refractivity contribution in [1.82, 2.24) is 4.98 Å². The van der Waals surface area contributed by atoms with Gasteiger partial charge in [0.25, 0.3) is 0 Å². The van der Waals surface area contributed by atoms with Crippen LogP contribution in [0.5, 0.6) is 0 Å². The van der Waals surface area contributed by atoms with E-state index in [2.05, 4.69) is 15.0 Å². The molecule has 0 aliphatic rings. The molecule has 4 nitrogen and oxygen atoms in total. The molecule has 0 aliphatic carbocycles. The van der Waals surface area contributed by atoms with E-state index in [-0.39, 0.29) is 12.4 Å². The summed E-state index contributed by atoms with van der Waals surface area (Å²) in [5, 5.41) is 3.80. The molecule has 1 N–H and O–H groups in total. The van der Waals surface area contributed by atoms with Crippen LogP contribution in [0, 0.1) is 5.82 Å². The minimum Gasteiger partial charge on any atom is -0.465 e. The third-order valence-electron chi connectivity index (χ3n) is 3.19. The van der Waals surface area contributed by atoms with Gasteiger partial charge >= 0.3 is 5.97 Å². The number of anilines is 1. The molecular formula is C16H13FN2O2S. The molecule has 1 heterocycles. The van der Waals surface area contributed by atoms with Crippen LogP contribution in [-0.4, -0.2) is 18.1 Å². The van der Waals surface area contributed by atoms with E-state index in [0.29, 0.717) is 16.3 Å². The largest absolute Gasteiger partial charge is 0.465 e. The van der Waals surface area contributed by atoms with Crippen molar-refractivity contribution < 1.29 is 13.9 Å². The number of hydrogen-bond donors (Lipinski definition) is 1. The number of aromatic nitrogens is 1. The van der Waals surface area contributed by atoms with Crippen molar-refractivity contribution in [3.63, 3.8) is 0 Å². The van der Waals surface area contributed by atoms with E-state index in [1.54, 1.807) is 0 Å². The summed E-state index contributed by atoms with van der Waals surface area (Å²) in [7, 11) is 1.30. The van der Waals surface area contributed by atoms with Gasteiger partial charge < -0.3 is 10.1 Å². The maximum absolute atomic E-state index is 13.8. The van der Waals surface area contributed by atoms with Gasteiger partial charge in [-0.15, -0.1) is 0 Å². The maximum atomic E-state index is 13.8. The fraction of sp³-hybridized carbons (Fsp3) is 0.125. The monoisotopic (exact) mass is 316 g/mol. The van der Waals surface area contributed by atoms with Crippen LogP contribution < -0.4 is 5.32 Å². The first-order chi connectivity index (χ1) is 10.7. The molecule has 3 aromatic rings. The molecule has 1 aromatic heterocycles. The number of nitrogens with zero attached hydrogens (tertiary/aromatic N) is 1. The van der Waals surface area contributed by atoms with E-state index in [9.17, 15) is 9.18 Å². The Bertz CT molecular complexity index is 799. The van der Waals surface area contributed by atoms with Crippen LogP contribution in [0.4, 0.5) is 9.52 Å². The Hall–Kier alpha value is -2.47. The molecule has 0 radical (unpaired) electrons. The smallest absolute Gasteiger partial charge is 0.337 e. The lowest BCUT2D eigenvalue weighted by molar-refractivity contribution is 0.0600. The molecule has 0 fully saturated rings. The first-order valence-electron chi connectivity index (χ1n) is 6.63. The van der Waals surface area contributed by atoms with Gasteiger partial charge in [-0.2, -0.15) is 0 Å². The van der Waals surface area contributed by atoms with Crippen molar-refractivity contribution in [2.24, 2.45) is 0 Å². The summed E-state index contributed by atoms with van der Waals surface area (Å²) in [4.78, 5) is 15.9. The third-order valence-corrected chi connectivity index (χ3v) is 4.18. The van der Waals surface area contributed by atoms with Crippen molar-refractivity contribution >= 4 is 32.7 Å². The Morgan fingerprint density at radius 1 is 1.32 bits per heavy atom. The summed E-state index contributed by atoms with van der Waals surface area (Å²) in [5.74, 6) is -0.859. The molecule has 6 heteroatoms. The van der Waals surface area contributed by atoms with Crippen LogP contribution in [0.25, 0.3) is 10.2 Å². The number of nitrogens with one attached hydrogen (secondary N) is 1. The first kappa shape index (κ1) is 14.5. The molecule has 112 valence electrons. The highest BCUT2D eigenvalue weighted by atomic mass is 32.1. The van der Waals surface area contributed by atoms with Gasteiger partial charge in [0.1, 0.15) is 5.82 Å². The zero-order chi connectivity index (χ0) is 15.5. The average Bonchev–Trinajstić information content (AvgIpc) is 2.96. The summed E-state index contributed by atoms with van der Waals surface area (Å²) in [5.41, 5.74) is 1.62. The van der Waals surface area contributed by atoms with Crippen LogP contribution >= 0.6 is 11.3 Å². The van der Waals surface area contributed by atoms with Gasteiger partial charge in [0.15, 0.2) is 5.13 Å². The SMILES string of the molecule is COC(=O)c1ccc(F)c(CNc2nc3ccccc3s2)c1. The van der Waals surface area contributed by atoms with E-state index < -0.39 is 5.97 Å². The van der Waals surface area contributed by atoms with E-state index in [1.807, 2.05) is 24.3 Å². The van der Waals surface area contributed by atoms with E-state index in [4.69, 9.17) is 0 Å². The van der Waals surface area contributed by atoms with Gasteiger partial charge in [0.05, 0.1) is 22.9 Å². The molecule has 0 unspecified atom stereocenters. The standard InChI is InChI=1S/C16H13FN2O2S/c1-21-15(20)10-6-7-12(17)11(8-10)9-18-16-19-13-4-2-3-5-14(13)22-16/h2-8H,9H2,1H3,(H,18,19). The van der Waals surface area contributed by atoms with Gasteiger partial charge in [-0.25, -0.2) is 14.2 Å². The fourth-order valence-corrected chi connectivity index (χ4v) is 2.94. The highest BCUT2D eigenvalue weighted by Gasteiger charge is 2.10. The van der Waals surface area contributed by atoms with Crippen molar-refractivity contribution in [2.75, 3.05) is 12.4 Å². The topological polar surface area (TPSA) is 51.2 Å². The second-order valence-electron chi connectivity index (χ2n) is 4.64. The van der Waals surface area contributed by atoms with E-state index >= 15 is 0 Å². The molecule has 0 spiro atoms. The van der Waals surface area contributed by atoms with Crippen LogP contribution in [0.3, 0.4) is 0 Å². The third kappa shape index (κ3) is 2.92. The van der Waals surface area contributed by atoms with E-state index in [1.165, 1.54) is 36.6 Å². The lowest BCUT2D eigenvalue weighted by atomic mass is 10.1. The number of ether oxygens (including phenoxy) is 1. The van der Waals surface area contributed by atoms with Gasteiger partial charge in [-0.05, 0) is 30.3 Å². The number of para-hydroxylation sites is 1. The number of benzene rings is 2. The molecule has 3 rings (SSSR count). The zero-order valence-corrected chi connectivity index (χ0v) is 12.6. The Morgan fingerprint density at radius 2 is 2.14 bits per heavy atom. The molecule has 2 aromatic carbocycles. The van der Waals surface area contributed by atoms with E-state index in [0.717, 1.165) is 10.2 Å². The second kappa shape index (κ2) is 6.11. The second-order valence-corrected chi connectivity index (χ2v) is 5.67. The summed E-state index contributed by atoms with van der Waals surface area (Å²) in [6.45, 7) is 0.247. The van der Waals surface area contributed by atoms with Gasteiger partial charge in [-0.3, -0.25) is 0 Å². The molecule has 0 atom stereocenters. The molecular weight excluding hydrogens is 303 g/mol.